The quantitative estimate of drug-likeness (QED) is 0.409. The summed E-state index contributed by atoms with van der Waals surface area (Å²) in [6, 6.07) is 4.80. The molecule has 0 radical (unpaired) electrons. The van der Waals surface area contributed by atoms with Crippen molar-refractivity contribution >= 4 is 5.96 Å². The number of nitrogens with one attached hydrogen (secondary N) is 2. The molecule has 1 fully saturated rings. The van der Waals surface area contributed by atoms with Gasteiger partial charge in [0.05, 0.1) is 12.6 Å². The van der Waals surface area contributed by atoms with E-state index >= 15 is 0 Å². The van der Waals surface area contributed by atoms with Crippen LogP contribution in [0.25, 0.3) is 0 Å². The number of nitrogens with zero attached hydrogens (tertiary/aromatic N) is 3. The predicted molar refractivity (Wildman–Crippen MR) is 123 cm³/mol. The smallest absolute Gasteiger partial charge is 0.191 e. The molecule has 6 nitrogen and oxygen atoms in total. The maximum atomic E-state index is 5.97. The zero-order valence-corrected chi connectivity index (χ0v) is 19.3. The Morgan fingerprint density at radius 3 is 2.52 bits per heavy atom. The molecule has 166 valence electrons. The standard InChI is InChI=1S/C23H43N5O/c1-6-24-23(26-19(4)12-11-15-27(7-2)8-3)25-18-21(28-16-9-10-17-28)22-14-13-20(5)29-22/h13-14,19,21H,6-12,15-18H2,1-5H3,(H2,24,25,26). The van der Waals surface area contributed by atoms with Crippen molar-refractivity contribution in [1.29, 1.82) is 0 Å². The second-order valence-electron chi connectivity index (χ2n) is 8.14. The molecule has 0 aliphatic carbocycles. The summed E-state index contributed by atoms with van der Waals surface area (Å²) in [4.78, 5) is 9.94. The first-order valence-corrected chi connectivity index (χ1v) is 11.6. The monoisotopic (exact) mass is 405 g/mol. The van der Waals surface area contributed by atoms with Gasteiger partial charge in [-0.1, -0.05) is 13.8 Å². The Hall–Kier alpha value is -1.53. The fourth-order valence-electron chi connectivity index (χ4n) is 4.04. The van der Waals surface area contributed by atoms with Gasteiger partial charge in [-0.2, -0.15) is 0 Å². The van der Waals surface area contributed by atoms with E-state index in [4.69, 9.17) is 9.41 Å². The van der Waals surface area contributed by atoms with E-state index in [9.17, 15) is 0 Å². The van der Waals surface area contributed by atoms with Crippen LogP contribution in [-0.2, 0) is 0 Å². The molecule has 1 saturated heterocycles. The molecule has 0 saturated carbocycles. The number of aryl methyl sites for hydroxylation is 1. The molecule has 1 aromatic rings. The van der Waals surface area contributed by atoms with Crippen LogP contribution in [0, 0.1) is 6.92 Å². The minimum Gasteiger partial charge on any atom is -0.465 e. The van der Waals surface area contributed by atoms with Gasteiger partial charge in [-0.25, -0.2) is 0 Å². The van der Waals surface area contributed by atoms with E-state index in [1.54, 1.807) is 0 Å². The molecule has 2 rings (SSSR count). The number of guanidine groups is 1. The average molecular weight is 406 g/mol. The largest absolute Gasteiger partial charge is 0.465 e. The van der Waals surface area contributed by atoms with Gasteiger partial charge in [-0.15, -0.1) is 0 Å². The normalized spacial score (nSPS) is 17.7. The first-order chi connectivity index (χ1) is 14.1. The molecule has 1 aliphatic rings. The van der Waals surface area contributed by atoms with Gasteiger partial charge in [0.2, 0.25) is 0 Å². The number of hydrogen-bond donors (Lipinski definition) is 2. The molecule has 0 amide bonds. The number of likely N-dealkylation sites (tertiary alicyclic amines) is 1. The molecule has 2 N–H and O–H groups in total. The topological polar surface area (TPSA) is 56.0 Å². The molecule has 0 bridgehead atoms. The zero-order valence-electron chi connectivity index (χ0n) is 19.3. The summed E-state index contributed by atoms with van der Waals surface area (Å²) in [6.07, 6.45) is 4.88. The fraction of sp³-hybridized carbons (Fsp3) is 0.783. The number of aliphatic imine (C=N–C) groups is 1. The van der Waals surface area contributed by atoms with Gasteiger partial charge in [0.25, 0.3) is 0 Å². The van der Waals surface area contributed by atoms with Crippen LogP contribution in [0.5, 0.6) is 0 Å². The van der Waals surface area contributed by atoms with E-state index in [0.717, 1.165) is 56.6 Å². The number of rotatable bonds is 12. The fourth-order valence-corrected chi connectivity index (χ4v) is 4.04. The van der Waals surface area contributed by atoms with Crippen molar-refractivity contribution in [3.8, 4) is 0 Å². The van der Waals surface area contributed by atoms with Crippen molar-refractivity contribution in [3.63, 3.8) is 0 Å². The Morgan fingerprint density at radius 2 is 1.93 bits per heavy atom. The highest BCUT2D eigenvalue weighted by molar-refractivity contribution is 5.80. The van der Waals surface area contributed by atoms with E-state index in [0.29, 0.717) is 12.6 Å². The molecular formula is C23H43N5O. The first kappa shape index (κ1) is 23.7. The van der Waals surface area contributed by atoms with E-state index in [2.05, 4.69) is 60.3 Å². The maximum Gasteiger partial charge on any atom is 0.191 e. The second-order valence-corrected chi connectivity index (χ2v) is 8.14. The van der Waals surface area contributed by atoms with E-state index in [1.807, 2.05) is 6.92 Å². The molecule has 0 spiro atoms. The van der Waals surface area contributed by atoms with Gasteiger partial charge in [0.15, 0.2) is 5.96 Å². The molecule has 6 heteroatoms. The lowest BCUT2D eigenvalue weighted by Gasteiger charge is -2.25. The predicted octanol–water partition coefficient (Wildman–Crippen LogP) is 3.79. The zero-order chi connectivity index (χ0) is 21.1. The third kappa shape index (κ3) is 8.01. The summed E-state index contributed by atoms with van der Waals surface area (Å²) in [5.74, 6) is 2.92. The van der Waals surface area contributed by atoms with Crippen LogP contribution in [0.1, 0.15) is 70.9 Å². The highest BCUT2D eigenvalue weighted by atomic mass is 16.3. The molecule has 2 atom stereocenters. The average Bonchev–Trinajstić information content (AvgIpc) is 3.38. The minimum atomic E-state index is 0.222. The number of hydrogen-bond acceptors (Lipinski definition) is 4. The minimum absolute atomic E-state index is 0.222. The Kier molecular flexibility index (Phi) is 10.6. The van der Waals surface area contributed by atoms with Gasteiger partial charge < -0.3 is 20.0 Å². The highest BCUT2D eigenvalue weighted by Gasteiger charge is 2.26. The SMILES string of the molecule is CCNC(=NCC(c1ccc(C)o1)N1CCCC1)NC(C)CCCN(CC)CC. The molecular weight excluding hydrogens is 362 g/mol. The second kappa shape index (κ2) is 12.9. The Balaban J connectivity index is 1.94. The summed E-state index contributed by atoms with van der Waals surface area (Å²) < 4.78 is 5.97. The summed E-state index contributed by atoms with van der Waals surface area (Å²) in [6.45, 7) is 18.1. The van der Waals surface area contributed by atoms with Gasteiger partial charge >= 0.3 is 0 Å². The lowest BCUT2D eigenvalue weighted by molar-refractivity contribution is 0.219. The molecule has 2 unspecified atom stereocenters. The van der Waals surface area contributed by atoms with Crippen LogP contribution in [0.3, 0.4) is 0 Å². The van der Waals surface area contributed by atoms with Crippen molar-refractivity contribution in [3.05, 3.63) is 23.7 Å². The Bertz CT molecular complexity index is 590. The van der Waals surface area contributed by atoms with Gasteiger partial charge in [0, 0.05) is 12.6 Å². The number of furan rings is 1. The Morgan fingerprint density at radius 1 is 1.21 bits per heavy atom. The third-order valence-electron chi connectivity index (χ3n) is 5.83. The maximum absolute atomic E-state index is 5.97. The van der Waals surface area contributed by atoms with Crippen molar-refractivity contribution in [2.75, 3.05) is 45.8 Å². The van der Waals surface area contributed by atoms with Crippen molar-refractivity contribution in [1.82, 2.24) is 20.4 Å². The third-order valence-corrected chi connectivity index (χ3v) is 5.83. The first-order valence-electron chi connectivity index (χ1n) is 11.6. The lowest BCUT2D eigenvalue weighted by atomic mass is 10.1. The lowest BCUT2D eigenvalue weighted by Crippen LogP contribution is -2.43. The highest BCUT2D eigenvalue weighted by Crippen LogP contribution is 2.26. The van der Waals surface area contributed by atoms with E-state index in [-0.39, 0.29) is 6.04 Å². The van der Waals surface area contributed by atoms with Crippen molar-refractivity contribution < 1.29 is 4.42 Å². The molecule has 1 aliphatic heterocycles. The molecule has 0 aromatic carbocycles. The summed E-state index contributed by atoms with van der Waals surface area (Å²) in [5.41, 5.74) is 0. The van der Waals surface area contributed by atoms with Gasteiger partial charge in [0.1, 0.15) is 11.5 Å². The van der Waals surface area contributed by atoms with Crippen LogP contribution < -0.4 is 10.6 Å². The van der Waals surface area contributed by atoms with Crippen LogP contribution in [-0.4, -0.2) is 67.6 Å². The van der Waals surface area contributed by atoms with Gasteiger partial charge in [-0.05, 0) is 91.3 Å². The van der Waals surface area contributed by atoms with Crippen molar-refractivity contribution in [2.45, 2.75) is 72.4 Å². The molecule has 29 heavy (non-hydrogen) atoms. The van der Waals surface area contributed by atoms with E-state index in [1.165, 1.54) is 25.8 Å². The summed E-state index contributed by atoms with van der Waals surface area (Å²) in [5, 5.41) is 7.02. The van der Waals surface area contributed by atoms with Crippen LogP contribution >= 0.6 is 0 Å². The van der Waals surface area contributed by atoms with E-state index < -0.39 is 0 Å². The van der Waals surface area contributed by atoms with Crippen LogP contribution in [0.15, 0.2) is 21.5 Å². The van der Waals surface area contributed by atoms with Crippen LogP contribution in [0.2, 0.25) is 0 Å². The van der Waals surface area contributed by atoms with Crippen LogP contribution in [0.4, 0.5) is 0 Å². The van der Waals surface area contributed by atoms with Gasteiger partial charge in [-0.3, -0.25) is 9.89 Å². The summed E-state index contributed by atoms with van der Waals surface area (Å²) in [7, 11) is 0. The molecule has 1 aromatic heterocycles. The van der Waals surface area contributed by atoms with Crippen molar-refractivity contribution in [2.24, 2.45) is 4.99 Å². The Labute approximate surface area is 178 Å². The summed E-state index contributed by atoms with van der Waals surface area (Å²) >= 11 is 0. The molecule has 2 heterocycles.